The van der Waals surface area contributed by atoms with Crippen LogP contribution in [-0.4, -0.2) is 22.9 Å². The smallest absolute Gasteiger partial charge is 0.168 e. The Kier molecular flexibility index (Phi) is 4.55. The van der Waals surface area contributed by atoms with Gasteiger partial charge < -0.3 is 4.74 Å². The second kappa shape index (κ2) is 5.70. The summed E-state index contributed by atoms with van der Waals surface area (Å²) in [6, 6.07) is 1.67. The van der Waals surface area contributed by atoms with Gasteiger partial charge in [-0.05, 0) is 25.8 Å². The van der Waals surface area contributed by atoms with Gasteiger partial charge in [-0.3, -0.25) is 4.79 Å². The number of hydrogen-bond acceptors (Lipinski definition) is 4. The van der Waals surface area contributed by atoms with Crippen molar-refractivity contribution >= 4 is 6.29 Å². The largest absolute Gasteiger partial charge is 0.370 e. The molecule has 1 heterocycles. The molecule has 1 atom stereocenters. The van der Waals surface area contributed by atoms with E-state index in [0.717, 1.165) is 12.0 Å². The molecule has 0 spiro atoms. The molecule has 0 N–H and O–H groups in total. The quantitative estimate of drug-likeness (QED) is 0.717. The Labute approximate surface area is 96.1 Å². The van der Waals surface area contributed by atoms with Crippen LogP contribution in [0, 0.1) is 12.8 Å². The monoisotopic (exact) mass is 222 g/mol. The Bertz CT molecular complexity index is 364. The summed E-state index contributed by atoms with van der Waals surface area (Å²) >= 11 is 0. The molecule has 88 valence electrons. The third-order valence-electron chi connectivity index (χ3n) is 2.22. The van der Waals surface area contributed by atoms with Gasteiger partial charge in [-0.15, -0.1) is 0 Å². The number of aromatic nitrogens is 2. The lowest BCUT2D eigenvalue weighted by atomic mass is 10.1. The number of ether oxygens (including phenoxy) is 1. The Hall–Kier alpha value is -1.29. The first-order valence-corrected chi connectivity index (χ1v) is 5.50. The Balaban J connectivity index is 3.07. The molecule has 16 heavy (non-hydrogen) atoms. The van der Waals surface area contributed by atoms with Crippen molar-refractivity contribution in [3.8, 4) is 0 Å². The van der Waals surface area contributed by atoms with Crippen molar-refractivity contribution < 1.29 is 9.53 Å². The van der Waals surface area contributed by atoms with E-state index in [2.05, 4.69) is 9.97 Å². The molecule has 0 aliphatic carbocycles. The second-order valence-electron chi connectivity index (χ2n) is 4.03. The minimum atomic E-state index is -0.149. The number of hydrogen-bond donors (Lipinski definition) is 0. The topological polar surface area (TPSA) is 52.1 Å². The standard InChI is InChI=1S/C12H18N2O2/c1-5-16-11(8(2)3)12-13-9(4)6-10(7-15)14-12/h6-8,11H,5H2,1-4H3. The van der Waals surface area contributed by atoms with Gasteiger partial charge in [-0.2, -0.15) is 0 Å². The predicted octanol–water partition coefficient (Wildman–Crippen LogP) is 2.33. The summed E-state index contributed by atoms with van der Waals surface area (Å²) in [5.41, 5.74) is 1.20. The highest BCUT2D eigenvalue weighted by Crippen LogP contribution is 2.22. The maximum atomic E-state index is 10.7. The second-order valence-corrected chi connectivity index (χ2v) is 4.03. The van der Waals surface area contributed by atoms with Crippen LogP contribution in [0.5, 0.6) is 0 Å². The first-order valence-electron chi connectivity index (χ1n) is 5.50. The average molecular weight is 222 g/mol. The lowest BCUT2D eigenvalue weighted by Gasteiger charge is -2.19. The van der Waals surface area contributed by atoms with E-state index in [1.165, 1.54) is 0 Å². The van der Waals surface area contributed by atoms with Crippen molar-refractivity contribution in [2.24, 2.45) is 5.92 Å². The van der Waals surface area contributed by atoms with Crippen molar-refractivity contribution in [2.45, 2.75) is 33.8 Å². The molecule has 1 aromatic rings. The summed E-state index contributed by atoms with van der Waals surface area (Å²) in [6.07, 6.45) is 0.588. The highest BCUT2D eigenvalue weighted by Gasteiger charge is 2.19. The van der Waals surface area contributed by atoms with E-state index in [-0.39, 0.29) is 12.0 Å². The zero-order valence-electron chi connectivity index (χ0n) is 10.2. The molecule has 1 unspecified atom stereocenters. The van der Waals surface area contributed by atoms with Crippen LogP contribution >= 0.6 is 0 Å². The minimum Gasteiger partial charge on any atom is -0.370 e. The van der Waals surface area contributed by atoms with E-state index in [9.17, 15) is 4.79 Å². The maximum absolute atomic E-state index is 10.7. The number of aldehydes is 1. The van der Waals surface area contributed by atoms with Gasteiger partial charge in [0.15, 0.2) is 12.1 Å². The van der Waals surface area contributed by atoms with Crippen LogP contribution in [0.25, 0.3) is 0 Å². The highest BCUT2D eigenvalue weighted by atomic mass is 16.5. The van der Waals surface area contributed by atoms with Gasteiger partial charge in [0, 0.05) is 12.3 Å². The predicted molar refractivity (Wildman–Crippen MR) is 61.4 cm³/mol. The van der Waals surface area contributed by atoms with Crippen LogP contribution in [0.4, 0.5) is 0 Å². The van der Waals surface area contributed by atoms with Crippen molar-refractivity contribution in [1.29, 1.82) is 0 Å². The summed E-state index contributed by atoms with van der Waals surface area (Å²) in [7, 11) is 0. The molecule has 0 amide bonds. The van der Waals surface area contributed by atoms with Gasteiger partial charge in [0.05, 0.1) is 0 Å². The van der Waals surface area contributed by atoms with Crippen LogP contribution in [0.2, 0.25) is 0 Å². The molecule has 0 aliphatic rings. The van der Waals surface area contributed by atoms with E-state index < -0.39 is 0 Å². The summed E-state index contributed by atoms with van der Waals surface area (Å²) < 4.78 is 5.60. The molecule has 1 rings (SSSR count). The minimum absolute atomic E-state index is 0.149. The van der Waals surface area contributed by atoms with Crippen molar-refractivity contribution in [3.05, 3.63) is 23.3 Å². The summed E-state index contributed by atoms with van der Waals surface area (Å²) in [5, 5.41) is 0. The van der Waals surface area contributed by atoms with Crippen LogP contribution in [-0.2, 0) is 4.74 Å². The fourth-order valence-corrected chi connectivity index (χ4v) is 1.55. The van der Waals surface area contributed by atoms with E-state index in [1.54, 1.807) is 6.07 Å². The molecule has 0 radical (unpaired) electrons. The van der Waals surface area contributed by atoms with Crippen LogP contribution in [0.15, 0.2) is 6.07 Å². The van der Waals surface area contributed by atoms with Gasteiger partial charge in [0.1, 0.15) is 11.8 Å². The molecule has 0 saturated carbocycles. The molecule has 4 heteroatoms. The molecule has 0 saturated heterocycles. The summed E-state index contributed by atoms with van der Waals surface area (Å²) in [6.45, 7) is 8.49. The third kappa shape index (κ3) is 3.10. The molecular weight excluding hydrogens is 204 g/mol. The lowest BCUT2D eigenvalue weighted by molar-refractivity contribution is 0.0230. The van der Waals surface area contributed by atoms with Crippen LogP contribution in [0.3, 0.4) is 0 Å². The maximum Gasteiger partial charge on any atom is 0.168 e. The zero-order chi connectivity index (χ0) is 12.1. The van der Waals surface area contributed by atoms with Gasteiger partial charge >= 0.3 is 0 Å². The Morgan fingerprint density at radius 1 is 1.44 bits per heavy atom. The number of carbonyl (C=O) groups is 1. The molecule has 4 nitrogen and oxygen atoms in total. The summed E-state index contributed by atoms with van der Waals surface area (Å²) in [4.78, 5) is 19.2. The molecule has 0 fully saturated rings. The van der Waals surface area contributed by atoms with Crippen molar-refractivity contribution in [2.75, 3.05) is 6.61 Å². The molecule has 0 aromatic carbocycles. The Morgan fingerprint density at radius 2 is 2.12 bits per heavy atom. The SMILES string of the molecule is CCOC(c1nc(C)cc(C=O)n1)C(C)C. The molecule has 0 aliphatic heterocycles. The first kappa shape index (κ1) is 12.8. The number of aryl methyl sites for hydroxylation is 1. The van der Waals surface area contributed by atoms with E-state index >= 15 is 0 Å². The lowest BCUT2D eigenvalue weighted by Crippen LogP contribution is -2.16. The fourth-order valence-electron chi connectivity index (χ4n) is 1.55. The Morgan fingerprint density at radius 3 is 2.62 bits per heavy atom. The number of nitrogens with zero attached hydrogens (tertiary/aromatic N) is 2. The molecule has 0 bridgehead atoms. The van der Waals surface area contributed by atoms with E-state index in [0.29, 0.717) is 18.1 Å². The number of rotatable bonds is 5. The van der Waals surface area contributed by atoms with Crippen molar-refractivity contribution in [1.82, 2.24) is 9.97 Å². The first-order chi connectivity index (χ1) is 7.58. The van der Waals surface area contributed by atoms with E-state index in [1.807, 2.05) is 27.7 Å². The van der Waals surface area contributed by atoms with E-state index in [4.69, 9.17) is 4.74 Å². The van der Waals surface area contributed by atoms with Gasteiger partial charge in [-0.1, -0.05) is 13.8 Å². The number of carbonyl (C=O) groups excluding carboxylic acids is 1. The zero-order valence-corrected chi connectivity index (χ0v) is 10.2. The third-order valence-corrected chi connectivity index (χ3v) is 2.22. The summed E-state index contributed by atoms with van der Waals surface area (Å²) in [5.74, 6) is 0.875. The molecule has 1 aromatic heterocycles. The molecular formula is C12H18N2O2. The fraction of sp³-hybridized carbons (Fsp3) is 0.583. The van der Waals surface area contributed by atoms with Crippen LogP contribution < -0.4 is 0 Å². The normalized spacial score (nSPS) is 12.8. The highest BCUT2D eigenvalue weighted by molar-refractivity contribution is 5.71. The van der Waals surface area contributed by atoms with Gasteiger partial charge in [-0.25, -0.2) is 9.97 Å². The van der Waals surface area contributed by atoms with Crippen molar-refractivity contribution in [3.63, 3.8) is 0 Å². The average Bonchev–Trinajstić information content (AvgIpc) is 2.24. The van der Waals surface area contributed by atoms with Gasteiger partial charge in [0.2, 0.25) is 0 Å². The van der Waals surface area contributed by atoms with Gasteiger partial charge in [0.25, 0.3) is 0 Å². The van der Waals surface area contributed by atoms with Crippen LogP contribution in [0.1, 0.15) is 48.9 Å².